The van der Waals surface area contributed by atoms with E-state index in [0.717, 1.165) is 11.3 Å². The van der Waals surface area contributed by atoms with E-state index in [0.29, 0.717) is 17.3 Å². The summed E-state index contributed by atoms with van der Waals surface area (Å²) in [6, 6.07) is 14.6. The summed E-state index contributed by atoms with van der Waals surface area (Å²) in [6.07, 6.45) is -1.21. The standard InChI is InChI=1S/C18H20ClNO3/c1-4-20(16-7-5-6-15(19)12-16)14(3)22-18(21)23-17-10-8-13(2)9-11-17/h5-12,14H,4H2,1-3H3. The molecule has 0 radical (unpaired) electrons. The van der Waals surface area contributed by atoms with Crippen LogP contribution in [0.1, 0.15) is 19.4 Å². The molecular weight excluding hydrogens is 314 g/mol. The van der Waals surface area contributed by atoms with E-state index in [4.69, 9.17) is 21.1 Å². The molecule has 5 heteroatoms. The molecule has 2 aromatic carbocycles. The third kappa shape index (κ3) is 4.89. The fourth-order valence-corrected chi connectivity index (χ4v) is 2.42. The van der Waals surface area contributed by atoms with Crippen LogP contribution in [0.25, 0.3) is 0 Å². The van der Waals surface area contributed by atoms with Gasteiger partial charge in [0.25, 0.3) is 0 Å². The van der Waals surface area contributed by atoms with Crippen molar-refractivity contribution < 1.29 is 14.3 Å². The zero-order valence-electron chi connectivity index (χ0n) is 13.5. The van der Waals surface area contributed by atoms with Crippen LogP contribution in [0.3, 0.4) is 0 Å². The first kappa shape index (κ1) is 17.2. The molecular formula is C18H20ClNO3. The van der Waals surface area contributed by atoms with Crippen LogP contribution in [0.15, 0.2) is 48.5 Å². The third-order valence-electron chi connectivity index (χ3n) is 3.41. The Kier molecular flexibility index (Phi) is 5.88. The number of hydrogen-bond donors (Lipinski definition) is 0. The number of carbonyl (C=O) groups is 1. The molecule has 23 heavy (non-hydrogen) atoms. The van der Waals surface area contributed by atoms with Gasteiger partial charge >= 0.3 is 6.16 Å². The molecule has 2 aromatic rings. The topological polar surface area (TPSA) is 38.8 Å². The zero-order valence-corrected chi connectivity index (χ0v) is 14.2. The Labute approximate surface area is 141 Å². The van der Waals surface area contributed by atoms with Crippen molar-refractivity contribution in [3.8, 4) is 5.75 Å². The Hall–Kier alpha value is -2.20. The molecule has 0 heterocycles. The van der Waals surface area contributed by atoms with Gasteiger partial charge in [-0.2, -0.15) is 0 Å². The summed E-state index contributed by atoms with van der Waals surface area (Å²) in [5.74, 6) is 0.457. The van der Waals surface area contributed by atoms with E-state index in [-0.39, 0.29) is 0 Å². The van der Waals surface area contributed by atoms with Gasteiger partial charge in [-0.05, 0) is 51.1 Å². The SMILES string of the molecule is CCN(c1cccc(Cl)c1)C(C)OC(=O)Oc1ccc(C)cc1. The van der Waals surface area contributed by atoms with Gasteiger partial charge in [-0.3, -0.25) is 0 Å². The second-order valence-electron chi connectivity index (χ2n) is 5.15. The second kappa shape index (κ2) is 7.88. The minimum absolute atomic E-state index is 0.457. The maximum atomic E-state index is 11.9. The maximum absolute atomic E-state index is 11.9. The Morgan fingerprint density at radius 2 is 1.91 bits per heavy atom. The normalized spacial score (nSPS) is 11.7. The highest BCUT2D eigenvalue weighted by Crippen LogP contribution is 2.22. The first-order valence-corrected chi connectivity index (χ1v) is 7.84. The highest BCUT2D eigenvalue weighted by Gasteiger charge is 2.18. The van der Waals surface area contributed by atoms with Gasteiger partial charge in [-0.1, -0.05) is 35.4 Å². The van der Waals surface area contributed by atoms with Crippen LogP contribution in [-0.4, -0.2) is 18.9 Å². The molecule has 0 saturated heterocycles. The van der Waals surface area contributed by atoms with E-state index in [9.17, 15) is 4.79 Å². The Bertz CT molecular complexity index is 658. The lowest BCUT2D eigenvalue weighted by atomic mass is 10.2. The number of benzene rings is 2. The van der Waals surface area contributed by atoms with Crippen LogP contribution in [0.5, 0.6) is 5.75 Å². The molecule has 4 nitrogen and oxygen atoms in total. The minimum atomic E-state index is -0.734. The molecule has 0 aliphatic rings. The molecule has 0 N–H and O–H groups in total. The Balaban J connectivity index is 1.99. The fraction of sp³-hybridized carbons (Fsp3) is 0.278. The van der Waals surface area contributed by atoms with E-state index in [1.807, 2.05) is 49.1 Å². The molecule has 0 spiro atoms. The first-order chi connectivity index (χ1) is 11.0. The number of nitrogens with zero attached hydrogens (tertiary/aromatic N) is 1. The summed E-state index contributed by atoms with van der Waals surface area (Å²) in [7, 11) is 0. The summed E-state index contributed by atoms with van der Waals surface area (Å²) in [5, 5.41) is 0.635. The molecule has 0 fully saturated rings. The van der Waals surface area contributed by atoms with E-state index in [2.05, 4.69) is 0 Å². The lowest BCUT2D eigenvalue weighted by Crippen LogP contribution is -2.37. The van der Waals surface area contributed by atoms with Crippen molar-refractivity contribution in [2.75, 3.05) is 11.4 Å². The number of anilines is 1. The highest BCUT2D eigenvalue weighted by atomic mass is 35.5. The summed E-state index contributed by atoms with van der Waals surface area (Å²) >= 11 is 6.02. The van der Waals surface area contributed by atoms with E-state index >= 15 is 0 Å². The summed E-state index contributed by atoms with van der Waals surface area (Å²) < 4.78 is 10.5. The average Bonchev–Trinajstić information content (AvgIpc) is 2.50. The van der Waals surface area contributed by atoms with E-state index in [1.54, 1.807) is 25.1 Å². The maximum Gasteiger partial charge on any atom is 0.515 e. The number of rotatable bonds is 5. The van der Waals surface area contributed by atoms with Crippen molar-refractivity contribution in [2.45, 2.75) is 27.0 Å². The summed E-state index contributed by atoms with van der Waals surface area (Å²) in [6.45, 7) is 6.40. The van der Waals surface area contributed by atoms with Crippen molar-refractivity contribution in [3.05, 3.63) is 59.1 Å². The zero-order chi connectivity index (χ0) is 16.8. The number of carbonyl (C=O) groups excluding carboxylic acids is 1. The number of hydrogen-bond acceptors (Lipinski definition) is 4. The van der Waals surface area contributed by atoms with Crippen molar-refractivity contribution >= 4 is 23.4 Å². The monoisotopic (exact) mass is 333 g/mol. The molecule has 122 valence electrons. The van der Waals surface area contributed by atoms with Gasteiger partial charge < -0.3 is 14.4 Å². The highest BCUT2D eigenvalue weighted by molar-refractivity contribution is 6.30. The van der Waals surface area contributed by atoms with Gasteiger partial charge in [-0.25, -0.2) is 4.79 Å². The minimum Gasteiger partial charge on any atom is -0.410 e. The Morgan fingerprint density at radius 1 is 1.22 bits per heavy atom. The number of aryl methyl sites for hydroxylation is 1. The van der Waals surface area contributed by atoms with E-state index in [1.165, 1.54) is 0 Å². The summed E-state index contributed by atoms with van der Waals surface area (Å²) in [5.41, 5.74) is 1.98. The molecule has 0 aliphatic heterocycles. The lowest BCUT2D eigenvalue weighted by molar-refractivity contribution is 0.0645. The van der Waals surface area contributed by atoms with Gasteiger partial charge in [0.2, 0.25) is 0 Å². The molecule has 0 aliphatic carbocycles. The molecule has 0 saturated carbocycles. The average molecular weight is 334 g/mol. The van der Waals surface area contributed by atoms with Gasteiger partial charge in [0.05, 0.1) is 0 Å². The lowest BCUT2D eigenvalue weighted by Gasteiger charge is -2.29. The van der Waals surface area contributed by atoms with Gasteiger partial charge in [0.15, 0.2) is 6.23 Å². The van der Waals surface area contributed by atoms with Crippen molar-refractivity contribution in [1.29, 1.82) is 0 Å². The molecule has 0 aromatic heterocycles. The van der Waals surface area contributed by atoms with Gasteiger partial charge in [0.1, 0.15) is 5.75 Å². The molecule has 0 bridgehead atoms. The number of ether oxygens (including phenoxy) is 2. The molecule has 0 amide bonds. The molecule has 1 atom stereocenters. The van der Waals surface area contributed by atoms with Crippen molar-refractivity contribution in [3.63, 3.8) is 0 Å². The fourth-order valence-electron chi connectivity index (χ4n) is 2.23. The van der Waals surface area contributed by atoms with Gasteiger partial charge in [-0.15, -0.1) is 0 Å². The molecule has 1 unspecified atom stereocenters. The first-order valence-electron chi connectivity index (χ1n) is 7.47. The summed E-state index contributed by atoms with van der Waals surface area (Å²) in [4.78, 5) is 13.8. The van der Waals surface area contributed by atoms with Crippen LogP contribution in [0.4, 0.5) is 10.5 Å². The largest absolute Gasteiger partial charge is 0.515 e. The van der Waals surface area contributed by atoms with Crippen LogP contribution in [0, 0.1) is 6.92 Å². The number of halogens is 1. The smallest absolute Gasteiger partial charge is 0.410 e. The van der Waals surface area contributed by atoms with Crippen LogP contribution >= 0.6 is 11.6 Å². The van der Waals surface area contributed by atoms with E-state index < -0.39 is 12.4 Å². The second-order valence-corrected chi connectivity index (χ2v) is 5.58. The van der Waals surface area contributed by atoms with Crippen LogP contribution < -0.4 is 9.64 Å². The predicted octanol–water partition coefficient (Wildman–Crippen LogP) is 5.04. The Morgan fingerprint density at radius 3 is 2.52 bits per heavy atom. The third-order valence-corrected chi connectivity index (χ3v) is 3.64. The van der Waals surface area contributed by atoms with Crippen molar-refractivity contribution in [1.82, 2.24) is 0 Å². The van der Waals surface area contributed by atoms with Crippen LogP contribution in [0.2, 0.25) is 5.02 Å². The predicted molar refractivity (Wildman–Crippen MR) is 92.2 cm³/mol. The van der Waals surface area contributed by atoms with Gasteiger partial charge in [0, 0.05) is 17.3 Å². The van der Waals surface area contributed by atoms with Crippen LogP contribution in [-0.2, 0) is 4.74 Å². The quantitative estimate of drug-likeness (QED) is 0.436. The van der Waals surface area contributed by atoms with Crippen molar-refractivity contribution in [2.24, 2.45) is 0 Å². The molecule has 2 rings (SSSR count).